The van der Waals surface area contributed by atoms with Crippen molar-refractivity contribution in [3.05, 3.63) is 29.8 Å². The van der Waals surface area contributed by atoms with E-state index in [2.05, 4.69) is 5.32 Å². The molecule has 0 aliphatic carbocycles. The Hall–Kier alpha value is -2.50. The van der Waals surface area contributed by atoms with Gasteiger partial charge in [0.05, 0.1) is 14.2 Å². The molecule has 1 aromatic rings. The van der Waals surface area contributed by atoms with E-state index in [-0.39, 0.29) is 18.6 Å². The van der Waals surface area contributed by atoms with E-state index in [4.69, 9.17) is 14.2 Å². The van der Waals surface area contributed by atoms with Gasteiger partial charge in [0, 0.05) is 23.7 Å². The van der Waals surface area contributed by atoms with E-state index in [1.165, 1.54) is 13.2 Å². The molecule has 23 heavy (non-hydrogen) atoms. The molecule has 0 unspecified atom stereocenters. The lowest BCUT2D eigenvalue weighted by Crippen LogP contribution is -2.35. The number of carbonyl (C=O) groups is 2. The Morgan fingerprint density at radius 2 is 2.00 bits per heavy atom. The summed E-state index contributed by atoms with van der Waals surface area (Å²) in [6.07, 6.45) is 3.63. The van der Waals surface area contributed by atoms with Crippen LogP contribution in [0.15, 0.2) is 24.3 Å². The van der Waals surface area contributed by atoms with Crippen LogP contribution < -0.4 is 14.8 Å². The molecule has 1 rings (SSSR count). The number of benzene rings is 1. The largest absolute Gasteiger partial charge is 0.497 e. The van der Waals surface area contributed by atoms with Gasteiger partial charge < -0.3 is 19.5 Å². The third kappa shape index (κ3) is 6.42. The molecule has 6 nitrogen and oxygen atoms in total. The number of methoxy groups -OCH3 is 2. The summed E-state index contributed by atoms with van der Waals surface area (Å²) < 4.78 is 15.2. The number of esters is 1. The quantitative estimate of drug-likeness (QED) is 0.587. The molecule has 0 aliphatic rings. The lowest BCUT2D eigenvalue weighted by molar-refractivity contribution is -0.144. The first-order valence-electron chi connectivity index (χ1n) is 7.36. The van der Waals surface area contributed by atoms with E-state index in [0.29, 0.717) is 17.1 Å². The monoisotopic (exact) mass is 321 g/mol. The SMILES string of the molecule is CC[C@@H](C)NC(=O)COC(=O)/C=C/c1ccc(OC)cc1OC. The molecule has 0 aromatic heterocycles. The number of ether oxygens (including phenoxy) is 3. The summed E-state index contributed by atoms with van der Waals surface area (Å²) >= 11 is 0. The first-order valence-corrected chi connectivity index (χ1v) is 7.36. The minimum Gasteiger partial charge on any atom is -0.497 e. The van der Waals surface area contributed by atoms with Gasteiger partial charge in [-0.1, -0.05) is 6.92 Å². The topological polar surface area (TPSA) is 73.9 Å². The number of hydrogen-bond donors (Lipinski definition) is 1. The average molecular weight is 321 g/mol. The number of nitrogens with one attached hydrogen (secondary N) is 1. The Labute approximate surface area is 136 Å². The number of carbonyl (C=O) groups excluding carboxylic acids is 2. The molecule has 0 spiro atoms. The van der Waals surface area contributed by atoms with Gasteiger partial charge in [0.1, 0.15) is 11.5 Å². The van der Waals surface area contributed by atoms with E-state index in [1.54, 1.807) is 31.4 Å². The third-order valence-corrected chi connectivity index (χ3v) is 3.20. The summed E-state index contributed by atoms with van der Waals surface area (Å²) in [5.74, 6) is 0.316. The molecule has 1 aromatic carbocycles. The molecule has 1 N–H and O–H groups in total. The zero-order chi connectivity index (χ0) is 17.2. The van der Waals surface area contributed by atoms with Crippen molar-refractivity contribution in [3.63, 3.8) is 0 Å². The van der Waals surface area contributed by atoms with Crippen LogP contribution in [0.5, 0.6) is 11.5 Å². The van der Waals surface area contributed by atoms with E-state index in [0.717, 1.165) is 6.42 Å². The minimum absolute atomic E-state index is 0.0558. The van der Waals surface area contributed by atoms with Crippen molar-refractivity contribution in [1.82, 2.24) is 5.32 Å². The predicted molar refractivity (Wildman–Crippen MR) is 87.4 cm³/mol. The van der Waals surface area contributed by atoms with Crippen LogP contribution in [-0.2, 0) is 14.3 Å². The third-order valence-electron chi connectivity index (χ3n) is 3.20. The molecule has 0 aliphatic heterocycles. The van der Waals surface area contributed by atoms with Crippen molar-refractivity contribution in [3.8, 4) is 11.5 Å². The molecule has 1 atom stereocenters. The van der Waals surface area contributed by atoms with Gasteiger partial charge in [0.15, 0.2) is 6.61 Å². The second-order valence-electron chi connectivity index (χ2n) is 4.93. The van der Waals surface area contributed by atoms with Gasteiger partial charge >= 0.3 is 5.97 Å². The molecule has 6 heteroatoms. The van der Waals surface area contributed by atoms with Gasteiger partial charge in [-0.25, -0.2) is 4.79 Å². The number of amides is 1. The summed E-state index contributed by atoms with van der Waals surface area (Å²) in [4.78, 5) is 23.2. The predicted octanol–water partition coefficient (Wildman–Crippen LogP) is 2.17. The first kappa shape index (κ1) is 18.5. The van der Waals surface area contributed by atoms with E-state index >= 15 is 0 Å². The molecular formula is C17H23NO5. The van der Waals surface area contributed by atoms with Crippen molar-refractivity contribution < 1.29 is 23.8 Å². The lowest BCUT2D eigenvalue weighted by Gasteiger charge is -2.10. The Bertz CT molecular complexity index is 568. The van der Waals surface area contributed by atoms with Crippen LogP contribution >= 0.6 is 0 Å². The summed E-state index contributed by atoms with van der Waals surface area (Å²) in [5.41, 5.74) is 0.703. The van der Waals surface area contributed by atoms with Crippen LogP contribution in [0.1, 0.15) is 25.8 Å². The van der Waals surface area contributed by atoms with Gasteiger partial charge in [-0.05, 0) is 31.6 Å². The maximum Gasteiger partial charge on any atom is 0.331 e. The van der Waals surface area contributed by atoms with Gasteiger partial charge in [0.2, 0.25) is 0 Å². The van der Waals surface area contributed by atoms with E-state index in [9.17, 15) is 9.59 Å². The highest BCUT2D eigenvalue weighted by Gasteiger charge is 2.08. The van der Waals surface area contributed by atoms with E-state index < -0.39 is 5.97 Å². The van der Waals surface area contributed by atoms with Crippen LogP contribution in [0.4, 0.5) is 0 Å². The molecule has 0 saturated heterocycles. The number of hydrogen-bond acceptors (Lipinski definition) is 5. The van der Waals surface area contributed by atoms with Gasteiger partial charge in [-0.2, -0.15) is 0 Å². The second kappa shape index (κ2) is 9.50. The Balaban J connectivity index is 2.57. The standard InChI is InChI=1S/C17H23NO5/c1-5-12(2)18-16(19)11-23-17(20)9-7-13-6-8-14(21-3)10-15(13)22-4/h6-10,12H,5,11H2,1-4H3,(H,18,19)/b9-7+/t12-/m1/s1. The zero-order valence-electron chi connectivity index (χ0n) is 13.9. The first-order chi connectivity index (χ1) is 11.0. The van der Waals surface area contributed by atoms with Gasteiger partial charge in [-0.15, -0.1) is 0 Å². The maximum atomic E-state index is 11.6. The van der Waals surface area contributed by atoms with Crippen molar-refractivity contribution in [2.45, 2.75) is 26.3 Å². The highest BCUT2D eigenvalue weighted by molar-refractivity contribution is 5.89. The summed E-state index contributed by atoms with van der Waals surface area (Å²) in [6.45, 7) is 3.55. The van der Waals surface area contributed by atoms with Gasteiger partial charge in [0.25, 0.3) is 5.91 Å². The fourth-order valence-electron chi connectivity index (χ4n) is 1.72. The van der Waals surface area contributed by atoms with Crippen molar-refractivity contribution >= 4 is 18.0 Å². The second-order valence-corrected chi connectivity index (χ2v) is 4.93. The zero-order valence-corrected chi connectivity index (χ0v) is 13.9. The molecule has 126 valence electrons. The van der Waals surface area contributed by atoms with E-state index in [1.807, 2.05) is 13.8 Å². The molecule has 0 heterocycles. The molecule has 0 bridgehead atoms. The van der Waals surface area contributed by atoms with Crippen LogP contribution in [0.3, 0.4) is 0 Å². The summed E-state index contributed by atoms with van der Waals surface area (Å²) in [5, 5.41) is 2.72. The molecule has 0 fully saturated rings. The van der Waals surface area contributed by atoms with Crippen LogP contribution in [0.25, 0.3) is 6.08 Å². The molecule has 1 amide bonds. The highest BCUT2D eigenvalue weighted by atomic mass is 16.5. The summed E-state index contributed by atoms with van der Waals surface area (Å²) in [7, 11) is 3.09. The van der Waals surface area contributed by atoms with Gasteiger partial charge in [-0.3, -0.25) is 4.79 Å². The smallest absolute Gasteiger partial charge is 0.331 e. The molecule has 0 radical (unpaired) electrons. The number of rotatable bonds is 8. The van der Waals surface area contributed by atoms with Crippen LogP contribution in [0.2, 0.25) is 0 Å². The maximum absolute atomic E-state index is 11.6. The van der Waals surface area contributed by atoms with Crippen molar-refractivity contribution in [2.24, 2.45) is 0 Å². The molecular weight excluding hydrogens is 298 g/mol. The van der Waals surface area contributed by atoms with Crippen LogP contribution in [0, 0.1) is 0 Å². The highest BCUT2D eigenvalue weighted by Crippen LogP contribution is 2.25. The normalized spacial score (nSPS) is 11.8. The van der Waals surface area contributed by atoms with Crippen molar-refractivity contribution in [2.75, 3.05) is 20.8 Å². The minimum atomic E-state index is -0.595. The Morgan fingerprint density at radius 1 is 1.26 bits per heavy atom. The fourth-order valence-corrected chi connectivity index (χ4v) is 1.72. The fraction of sp³-hybridized carbons (Fsp3) is 0.412. The Kier molecular flexibility index (Phi) is 7.66. The van der Waals surface area contributed by atoms with Crippen molar-refractivity contribution in [1.29, 1.82) is 0 Å². The average Bonchev–Trinajstić information content (AvgIpc) is 2.57. The molecule has 0 saturated carbocycles. The van der Waals surface area contributed by atoms with Crippen LogP contribution in [-0.4, -0.2) is 38.7 Å². The lowest BCUT2D eigenvalue weighted by atomic mass is 10.2. The Morgan fingerprint density at radius 3 is 2.61 bits per heavy atom. The summed E-state index contributed by atoms with van der Waals surface area (Å²) in [6, 6.07) is 5.29.